The fourth-order valence-electron chi connectivity index (χ4n) is 1.56. The second-order valence-electron chi connectivity index (χ2n) is 2.97. The van der Waals surface area contributed by atoms with Gasteiger partial charge in [0.1, 0.15) is 0 Å². The lowest BCUT2D eigenvalue weighted by Gasteiger charge is -2.20. The summed E-state index contributed by atoms with van der Waals surface area (Å²) >= 11 is 1.25. The topological polar surface area (TPSA) is 38.0 Å². The van der Waals surface area contributed by atoms with Crippen molar-refractivity contribution in [1.29, 1.82) is 0 Å². The maximum atomic E-state index is 5.25. The smallest absolute Gasteiger partial charge is 0.00987 e. The van der Waals surface area contributed by atoms with Gasteiger partial charge in [-0.3, -0.25) is 9.86 Å². The van der Waals surface area contributed by atoms with Crippen molar-refractivity contribution >= 4 is 12.1 Å². The summed E-state index contributed by atoms with van der Waals surface area (Å²) in [5.41, 5.74) is 0. The summed E-state index contributed by atoms with van der Waals surface area (Å²) in [4.78, 5) is 0. The van der Waals surface area contributed by atoms with E-state index in [1.165, 1.54) is 44.2 Å². The summed E-state index contributed by atoms with van der Waals surface area (Å²) in [7, 11) is 0. The summed E-state index contributed by atoms with van der Waals surface area (Å²) in [6, 6.07) is 0. The van der Waals surface area contributed by atoms with Gasteiger partial charge in [-0.25, -0.2) is 0 Å². The largest absolute Gasteiger partial charge is 0.264 e. The number of hydrogen-bond donors (Lipinski definition) is 2. The van der Waals surface area contributed by atoms with Gasteiger partial charge in [0, 0.05) is 18.7 Å². The fourth-order valence-corrected chi connectivity index (χ4v) is 1.89. The third-order valence-corrected chi connectivity index (χ3v) is 2.51. The van der Waals surface area contributed by atoms with Crippen molar-refractivity contribution < 1.29 is 0 Å². The average Bonchev–Trinajstić information content (AvgIpc) is 2.03. The van der Waals surface area contributed by atoms with Crippen LogP contribution in [0.25, 0.3) is 0 Å². The van der Waals surface area contributed by atoms with Crippen LogP contribution in [0.5, 0.6) is 0 Å². The highest BCUT2D eigenvalue weighted by molar-refractivity contribution is 7.95. The molecule has 2 nitrogen and oxygen atoms in total. The monoisotopic (exact) mass is 160 g/mol. The normalized spacial score (nSPS) is 21.3. The molecule has 0 aromatic rings. The van der Waals surface area contributed by atoms with Crippen LogP contribution in [-0.2, 0) is 0 Å². The van der Waals surface area contributed by atoms with Crippen LogP contribution < -0.4 is 9.86 Å². The first-order valence-corrected chi connectivity index (χ1v) is 4.90. The second-order valence-corrected chi connectivity index (χ2v) is 3.49. The lowest BCUT2D eigenvalue weighted by atomic mass is 9.90. The molecule has 0 heterocycles. The van der Waals surface area contributed by atoms with Gasteiger partial charge in [-0.2, -0.15) is 0 Å². The summed E-state index contributed by atoms with van der Waals surface area (Å²) in [6.45, 7) is 1.10. The first-order valence-electron chi connectivity index (χ1n) is 4.02. The first kappa shape index (κ1) is 8.37. The number of hydrogen-bond acceptors (Lipinski definition) is 3. The number of nitrogens with two attached hydrogens (primary N) is 1. The van der Waals surface area contributed by atoms with Crippen molar-refractivity contribution in [1.82, 2.24) is 4.72 Å². The standard InChI is InChI=1S/C7H16N2S/c8-10-9-6-7-4-2-1-3-5-7/h7,9H,1-6,8H2. The molecule has 0 unspecified atom stereocenters. The molecule has 1 saturated carbocycles. The molecule has 1 aliphatic rings. The Hall–Kier alpha value is 0.270. The molecule has 3 N–H and O–H groups in total. The third-order valence-electron chi connectivity index (χ3n) is 2.18. The molecule has 0 aromatic heterocycles. The van der Waals surface area contributed by atoms with Gasteiger partial charge in [0.15, 0.2) is 0 Å². The molecule has 3 heteroatoms. The van der Waals surface area contributed by atoms with Gasteiger partial charge in [0.05, 0.1) is 0 Å². The lowest BCUT2D eigenvalue weighted by Crippen LogP contribution is -2.20. The maximum absolute atomic E-state index is 5.25. The van der Waals surface area contributed by atoms with Gasteiger partial charge < -0.3 is 0 Å². The van der Waals surface area contributed by atoms with Crippen molar-refractivity contribution in [2.75, 3.05) is 6.54 Å². The Morgan fingerprint density at radius 3 is 2.60 bits per heavy atom. The molecule has 0 radical (unpaired) electrons. The molecule has 1 aliphatic carbocycles. The fraction of sp³-hybridized carbons (Fsp3) is 1.00. The summed E-state index contributed by atoms with van der Waals surface area (Å²) < 4.78 is 3.11. The van der Waals surface area contributed by atoms with Crippen LogP contribution >= 0.6 is 12.1 Å². The zero-order chi connectivity index (χ0) is 7.23. The van der Waals surface area contributed by atoms with E-state index in [0.717, 1.165) is 12.5 Å². The van der Waals surface area contributed by atoms with Crippen LogP contribution in [-0.4, -0.2) is 6.54 Å². The van der Waals surface area contributed by atoms with E-state index >= 15 is 0 Å². The van der Waals surface area contributed by atoms with Crippen LogP contribution in [0.2, 0.25) is 0 Å². The van der Waals surface area contributed by atoms with Gasteiger partial charge in [-0.15, -0.1) is 0 Å². The minimum Gasteiger partial charge on any atom is -0.264 e. The van der Waals surface area contributed by atoms with E-state index in [4.69, 9.17) is 5.14 Å². The van der Waals surface area contributed by atoms with Gasteiger partial charge in [-0.05, 0) is 18.8 Å². The highest BCUT2D eigenvalue weighted by Gasteiger charge is 2.11. The number of rotatable bonds is 3. The van der Waals surface area contributed by atoms with E-state index in [-0.39, 0.29) is 0 Å². The van der Waals surface area contributed by atoms with Crippen LogP contribution in [0.4, 0.5) is 0 Å². The summed E-state index contributed by atoms with van der Waals surface area (Å²) in [5, 5.41) is 5.25. The molecule has 10 heavy (non-hydrogen) atoms. The lowest BCUT2D eigenvalue weighted by molar-refractivity contribution is 0.360. The van der Waals surface area contributed by atoms with Crippen molar-refractivity contribution in [3.8, 4) is 0 Å². The Balaban J connectivity index is 2.02. The predicted molar refractivity (Wildman–Crippen MR) is 46.4 cm³/mol. The van der Waals surface area contributed by atoms with E-state index < -0.39 is 0 Å². The molecule has 0 spiro atoms. The molecular weight excluding hydrogens is 144 g/mol. The molecule has 0 aliphatic heterocycles. The summed E-state index contributed by atoms with van der Waals surface area (Å²) in [5.74, 6) is 0.893. The summed E-state index contributed by atoms with van der Waals surface area (Å²) in [6.07, 6.45) is 7.07. The maximum Gasteiger partial charge on any atom is 0.00987 e. The van der Waals surface area contributed by atoms with Crippen LogP contribution in [0.3, 0.4) is 0 Å². The Bertz CT molecular complexity index is 81.7. The average molecular weight is 160 g/mol. The molecular formula is C7H16N2S. The highest BCUT2D eigenvalue weighted by Crippen LogP contribution is 2.22. The highest BCUT2D eigenvalue weighted by atomic mass is 32.2. The Kier molecular flexibility index (Phi) is 4.18. The van der Waals surface area contributed by atoms with Crippen molar-refractivity contribution in [2.45, 2.75) is 32.1 Å². The van der Waals surface area contributed by atoms with E-state index in [0.29, 0.717) is 0 Å². The van der Waals surface area contributed by atoms with Gasteiger partial charge >= 0.3 is 0 Å². The Morgan fingerprint density at radius 1 is 1.30 bits per heavy atom. The third kappa shape index (κ3) is 2.90. The van der Waals surface area contributed by atoms with Crippen molar-refractivity contribution in [3.63, 3.8) is 0 Å². The predicted octanol–water partition coefficient (Wildman–Crippen LogP) is 1.68. The molecule has 0 saturated heterocycles. The van der Waals surface area contributed by atoms with Crippen LogP contribution in [0.1, 0.15) is 32.1 Å². The van der Waals surface area contributed by atoms with E-state index in [2.05, 4.69) is 4.72 Å². The zero-order valence-electron chi connectivity index (χ0n) is 6.31. The van der Waals surface area contributed by atoms with Crippen molar-refractivity contribution in [3.05, 3.63) is 0 Å². The minimum atomic E-state index is 0.893. The molecule has 0 amide bonds. The SMILES string of the molecule is NSNCC1CCCCC1. The van der Waals surface area contributed by atoms with Crippen molar-refractivity contribution in [2.24, 2.45) is 11.1 Å². The molecule has 0 atom stereocenters. The van der Waals surface area contributed by atoms with E-state index in [9.17, 15) is 0 Å². The van der Waals surface area contributed by atoms with Crippen LogP contribution in [0.15, 0.2) is 0 Å². The minimum absolute atomic E-state index is 0.893. The Morgan fingerprint density at radius 2 is 2.00 bits per heavy atom. The van der Waals surface area contributed by atoms with E-state index in [1.807, 2.05) is 0 Å². The quantitative estimate of drug-likeness (QED) is 0.617. The second kappa shape index (κ2) is 4.99. The molecule has 0 bridgehead atoms. The van der Waals surface area contributed by atoms with Gasteiger partial charge in [0.25, 0.3) is 0 Å². The molecule has 0 aromatic carbocycles. The first-order chi connectivity index (χ1) is 4.93. The number of nitrogens with one attached hydrogen (secondary N) is 1. The molecule has 1 fully saturated rings. The molecule has 60 valence electrons. The van der Waals surface area contributed by atoms with E-state index in [1.54, 1.807) is 0 Å². The molecule has 1 rings (SSSR count). The van der Waals surface area contributed by atoms with Gasteiger partial charge in [0.2, 0.25) is 0 Å². The van der Waals surface area contributed by atoms with Gasteiger partial charge in [-0.1, -0.05) is 19.3 Å². The Labute approximate surface area is 67.2 Å². The zero-order valence-corrected chi connectivity index (χ0v) is 7.12. The van der Waals surface area contributed by atoms with Crippen LogP contribution in [0, 0.1) is 5.92 Å².